The van der Waals surface area contributed by atoms with E-state index >= 15 is 0 Å². The predicted octanol–water partition coefficient (Wildman–Crippen LogP) is 1.19. The molecular formula is C16H18N2O6. The van der Waals surface area contributed by atoms with Gasteiger partial charge in [0.05, 0.1) is 21.3 Å². The average molecular weight is 334 g/mol. The minimum Gasteiger partial charge on any atom is -0.496 e. The summed E-state index contributed by atoms with van der Waals surface area (Å²) in [6.07, 6.45) is 0. The van der Waals surface area contributed by atoms with Crippen LogP contribution in [0.4, 0.5) is 0 Å². The number of nitriles is 1. The molecule has 8 heteroatoms. The van der Waals surface area contributed by atoms with Crippen molar-refractivity contribution >= 4 is 11.8 Å². The second-order valence-corrected chi connectivity index (χ2v) is 4.58. The largest absolute Gasteiger partial charge is 0.496 e. The quantitative estimate of drug-likeness (QED) is 0.448. The van der Waals surface area contributed by atoms with Crippen molar-refractivity contribution in [1.29, 1.82) is 5.26 Å². The van der Waals surface area contributed by atoms with Crippen LogP contribution < -0.4 is 19.9 Å². The highest BCUT2D eigenvalue weighted by Gasteiger charge is 2.21. The highest BCUT2D eigenvalue weighted by Crippen LogP contribution is 2.34. The van der Waals surface area contributed by atoms with Gasteiger partial charge >= 0.3 is 5.97 Å². The van der Waals surface area contributed by atoms with E-state index in [1.165, 1.54) is 40.4 Å². The molecule has 0 aliphatic carbocycles. The van der Waals surface area contributed by atoms with Crippen molar-refractivity contribution in [3.8, 4) is 23.3 Å². The fourth-order valence-electron chi connectivity index (χ4n) is 1.84. The average Bonchev–Trinajstić information content (AvgIpc) is 2.58. The van der Waals surface area contributed by atoms with Crippen LogP contribution >= 0.6 is 0 Å². The Morgan fingerprint density at radius 1 is 1.08 bits per heavy atom. The molecular weight excluding hydrogens is 316 g/mol. The van der Waals surface area contributed by atoms with Crippen LogP contribution in [-0.2, 0) is 9.53 Å². The number of ether oxygens (including phenoxy) is 4. The maximum absolute atomic E-state index is 12.2. The zero-order chi connectivity index (χ0) is 18.3. The van der Waals surface area contributed by atoms with Gasteiger partial charge in [-0.2, -0.15) is 5.26 Å². The molecule has 1 aromatic rings. The van der Waals surface area contributed by atoms with Crippen LogP contribution in [0.1, 0.15) is 17.3 Å². The molecule has 0 amide bonds. The minimum atomic E-state index is -0.812. The van der Waals surface area contributed by atoms with Crippen molar-refractivity contribution in [2.75, 3.05) is 27.9 Å². The summed E-state index contributed by atoms with van der Waals surface area (Å²) in [7, 11) is 4.23. The number of rotatable bonds is 7. The van der Waals surface area contributed by atoms with Gasteiger partial charge in [0, 0.05) is 17.8 Å². The normalized spacial score (nSPS) is 11.0. The SMILES string of the molecule is COc1cc(OC)c(C(=O)OCC(=O)/C(C#N)=C(/C)N)cc1OC. The molecule has 0 heterocycles. The number of nitrogens with two attached hydrogens (primary N) is 1. The molecule has 0 bridgehead atoms. The van der Waals surface area contributed by atoms with E-state index in [-0.39, 0.29) is 22.6 Å². The van der Waals surface area contributed by atoms with Crippen LogP contribution in [0.3, 0.4) is 0 Å². The molecule has 0 aliphatic heterocycles. The maximum Gasteiger partial charge on any atom is 0.342 e. The van der Waals surface area contributed by atoms with E-state index in [0.29, 0.717) is 11.5 Å². The lowest BCUT2D eigenvalue weighted by Crippen LogP contribution is -2.18. The first-order valence-electron chi connectivity index (χ1n) is 6.76. The first-order valence-corrected chi connectivity index (χ1v) is 6.76. The van der Waals surface area contributed by atoms with Gasteiger partial charge < -0.3 is 24.7 Å². The Hall–Kier alpha value is -3.21. The summed E-state index contributed by atoms with van der Waals surface area (Å²) in [4.78, 5) is 24.0. The maximum atomic E-state index is 12.2. The number of esters is 1. The summed E-state index contributed by atoms with van der Waals surface area (Å²) in [6.45, 7) is 0.795. The Morgan fingerprint density at radius 3 is 2.08 bits per heavy atom. The summed E-state index contributed by atoms with van der Waals surface area (Å²) in [5.74, 6) is -0.642. The van der Waals surface area contributed by atoms with E-state index < -0.39 is 18.4 Å². The summed E-state index contributed by atoms with van der Waals surface area (Å²) in [6, 6.07) is 4.51. The van der Waals surface area contributed by atoms with Gasteiger partial charge in [-0.15, -0.1) is 0 Å². The molecule has 8 nitrogen and oxygen atoms in total. The van der Waals surface area contributed by atoms with Crippen LogP contribution in [0.5, 0.6) is 17.2 Å². The highest BCUT2D eigenvalue weighted by atomic mass is 16.5. The topological polar surface area (TPSA) is 121 Å². The second kappa shape index (κ2) is 8.43. The molecule has 1 rings (SSSR count). The van der Waals surface area contributed by atoms with E-state index in [1.54, 1.807) is 6.07 Å². The molecule has 0 aromatic heterocycles. The predicted molar refractivity (Wildman–Crippen MR) is 83.9 cm³/mol. The number of carbonyl (C=O) groups is 2. The number of benzene rings is 1. The Morgan fingerprint density at radius 2 is 1.62 bits per heavy atom. The number of ketones is 1. The fraction of sp³-hybridized carbons (Fsp3) is 0.312. The number of nitrogens with zero attached hydrogens (tertiary/aromatic N) is 1. The van der Waals surface area contributed by atoms with Gasteiger partial charge in [-0.1, -0.05) is 0 Å². The van der Waals surface area contributed by atoms with Gasteiger partial charge in [-0.3, -0.25) is 4.79 Å². The lowest BCUT2D eigenvalue weighted by molar-refractivity contribution is -0.118. The number of Topliss-reactive ketones (excluding diaryl/α,β-unsaturated/α-hetero) is 1. The van der Waals surface area contributed by atoms with Crippen LogP contribution in [0.15, 0.2) is 23.4 Å². The van der Waals surface area contributed by atoms with E-state index in [9.17, 15) is 9.59 Å². The van der Waals surface area contributed by atoms with E-state index in [4.69, 9.17) is 29.9 Å². The number of hydrogen-bond acceptors (Lipinski definition) is 8. The van der Waals surface area contributed by atoms with Crippen LogP contribution in [0.2, 0.25) is 0 Å². The summed E-state index contributed by atoms with van der Waals surface area (Å²) in [5, 5.41) is 8.86. The van der Waals surface area contributed by atoms with Crippen LogP contribution in [-0.4, -0.2) is 39.7 Å². The molecule has 1 aromatic carbocycles. The number of carbonyl (C=O) groups excluding carboxylic acids is 2. The summed E-state index contributed by atoms with van der Waals surface area (Å²) in [5.41, 5.74) is 5.29. The first kappa shape index (κ1) is 18.8. The van der Waals surface area contributed by atoms with Gasteiger partial charge in [0.25, 0.3) is 0 Å². The molecule has 128 valence electrons. The molecule has 0 atom stereocenters. The molecule has 0 radical (unpaired) electrons. The number of allylic oxidation sites excluding steroid dienone is 1. The van der Waals surface area contributed by atoms with Crippen molar-refractivity contribution in [1.82, 2.24) is 0 Å². The Kier molecular flexibility index (Phi) is 6.62. The molecule has 0 spiro atoms. The highest BCUT2D eigenvalue weighted by molar-refractivity contribution is 6.02. The van der Waals surface area contributed by atoms with Crippen LogP contribution in [0.25, 0.3) is 0 Å². The first-order chi connectivity index (χ1) is 11.4. The summed E-state index contributed by atoms with van der Waals surface area (Å²) >= 11 is 0. The van der Waals surface area contributed by atoms with Crippen molar-refractivity contribution in [2.45, 2.75) is 6.92 Å². The second-order valence-electron chi connectivity index (χ2n) is 4.58. The Balaban J connectivity index is 3.02. The molecule has 0 fully saturated rings. The Bertz CT molecular complexity index is 714. The van der Waals surface area contributed by atoms with E-state index in [0.717, 1.165) is 0 Å². The zero-order valence-electron chi connectivity index (χ0n) is 13.8. The van der Waals surface area contributed by atoms with Crippen molar-refractivity contribution in [3.05, 3.63) is 29.0 Å². The van der Waals surface area contributed by atoms with E-state index in [1.807, 2.05) is 0 Å². The number of hydrogen-bond donors (Lipinski definition) is 1. The molecule has 0 saturated heterocycles. The monoisotopic (exact) mass is 334 g/mol. The fourth-order valence-corrected chi connectivity index (χ4v) is 1.84. The third-order valence-corrected chi connectivity index (χ3v) is 3.04. The third kappa shape index (κ3) is 4.16. The van der Waals surface area contributed by atoms with Crippen molar-refractivity contribution < 1.29 is 28.5 Å². The summed E-state index contributed by atoms with van der Waals surface area (Å²) < 4.78 is 20.3. The van der Waals surface area contributed by atoms with Gasteiger partial charge in [-0.05, 0) is 6.92 Å². The minimum absolute atomic E-state index is 0.0508. The van der Waals surface area contributed by atoms with Crippen molar-refractivity contribution in [3.63, 3.8) is 0 Å². The molecule has 2 N–H and O–H groups in total. The van der Waals surface area contributed by atoms with Gasteiger partial charge in [0.15, 0.2) is 18.1 Å². The van der Waals surface area contributed by atoms with E-state index in [2.05, 4.69) is 0 Å². The zero-order valence-corrected chi connectivity index (χ0v) is 13.8. The van der Waals surface area contributed by atoms with Crippen molar-refractivity contribution in [2.24, 2.45) is 5.73 Å². The lowest BCUT2D eigenvalue weighted by atomic mass is 10.1. The molecule has 0 unspecified atom stereocenters. The lowest BCUT2D eigenvalue weighted by Gasteiger charge is -2.13. The number of methoxy groups -OCH3 is 3. The molecule has 0 saturated carbocycles. The standard InChI is InChI=1S/C16H18N2O6/c1-9(18)11(7-17)12(19)8-24-16(20)10-5-14(22-3)15(23-4)6-13(10)21-2/h5-6H,8,18H2,1-4H3/b11-9-. The van der Waals surface area contributed by atoms with Gasteiger partial charge in [0.2, 0.25) is 5.78 Å². The smallest absolute Gasteiger partial charge is 0.342 e. The van der Waals surface area contributed by atoms with Gasteiger partial charge in [0.1, 0.15) is 23.0 Å². The Labute approximate surface area is 139 Å². The molecule has 24 heavy (non-hydrogen) atoms. The third-order valence-electron chi connectivity index (χ3n) is 3.04. The van der Waals surface area contributed by atoms with Crippen LogP contribution in [0, 0.1) is 11.3 Å². The van der Waals surface area contributed by atoms with Gasteiger partial charge in [-0.25, -0.2) is 4.79 Å². The molecule has 0 aliphatic rings.